The van der Waals surface area contributed by atoms with Gasteiger partial charge in [-0.25, -0.2) is 0 Å². The van der Waals surface area contributed by atoms with E-state index in [0.717, 1.165) is 31.8 Å². The smallest absolute Gasteiger partial charge is 0.240 e. The van der Waals surface area contributed by atoms with Crippen LogP contribution >= 0.6 is 12.4 Å². The Morgan fingerprint density at radius 2 is 2.05 bits per heavy atom. The molecule has 120 valence electrons. The molecule has 1 aliphatic rings. The molecule has 0 radical (unpaired) electrons. The molecular formula is C16H23ClN4O. The molecule has 1 fully saturated rings. The van der Waals surface area contributed by atoms with E-state index >= 15 is 0 Å². The molecule has 6 heteroatoms. The molecule has 2 atom stereocenters. The minimum atomic E-state index is 0. The SMILES string of the molecule is CCCc1noc(CN2C[C@@H](N)[C@H](c3ccccc3)C2)n1.Cl. The van der Waals surface area contributed by atoms with Crippen LogP contribution in [0.3, 0.4) is 0 Å². The first-order valence-corrected chi connectivity index (χ1v) is 7.60. The van der Waals surface area contributed by atoms with E-state index in [4.69, 9.17) is 10.3 Å². The summed E-state index contributed by atoms with van der Waals surface area (Å²) >= 11 is 0. The predicted molar refractivity (Wildman–Crippen MR) is 88.0 cm³/mol. The molecule has 1 aromatic heterocycles. The van der Waals surface area contributed by atoms with Crippen LogP contribution in [-0.4, -0.2) is 34.2 Å². The zero-order chi connectivity index (χ0) is 14.7. The highest BCUT2D eigenvalue weighted by Gasteiger charge is 2.31. The minimum Gasteiger partial charge on any atom is -0.338 e. The van der Waals surface area contributed by atoms with Gasteiger partial charge in [0.1, 0.15) is 0 Å². The van der Waals surface area contributed by atoms with Crippen LogP contribution in [0.25, 0.3) is 0 Å². The molecule has 0 spiro atoms. The van der Waals surface area contributed by atoms with Gasteiger partial charge in [-0.2, -0.15) is 4.98 Å². The molecule has 1 saturated heterocycles. The Hall–Kier alpha value is -1.43. The lowest BCUT2D eigenvalue weighted by atomic mass is 9.95. The maximum absolute atomic E-state index is 6.30. The van der Waals surface area contributed by atoms with Crippen LogP contribution < -0.4 is 5.73 Å². The summed E-state index contributed by atoms with van der Waals surface area (Å²) in [6, 6.07) is 10.6. The van der Waals surface area contributed by atoms with E-state index in [1.54, 1.807) is 0 Å². The highest BCUT2D eigenvalue weighted by molar-refractivity contribution is 5.85. The van der Waals surface area contributed by atoms with Crippen molar-refractivity contribution in [2.75, 3.05) is 13.1 Å². The summed E-state index contributed by atoms with van der Waals surface area (Å²) in [5, 5.41) is 4.00. The van der Waals surface area contributed by atoms with Gasteiger partial charge in [-0.05, 0) is 12.0 Å². The number of rotatable bonds is 5. The van der Waals surface area contributed by atoms with Crippen LogP contribution in [0.2, 0.25) is 0 Å². The van der Waals surface area contributed by atoms with Crippen molar-refractivity contribution in [1.82, 2.24) is 15.0 Å². The Morgan fingerprint density at radius 1 is 1.27 bits per heavy atom. The highest BCUT2D eigenvalue weighted by Crippen LogP contribution is 2.27. The summed E-state index contributed by atoms with van der Waals surface area (Å²) in [6.45, 7) is 4.61. The van der Waals surface area contributed by atoms with Crippen LogP contribution in [0.4, 0.5) is 0 Å². The summed E-state index contributed by atoms with van der Waals surface area (Å²) in [5.41, 5.74) is 7.61. The predicted octanol–water partition coefficient (Wildman–Crippen LogP) is 2.37. The summed E-state index contributed by atoms with van der Waals surface area (Å²) < 4.78 is 5.31. The molecule has 0 unspecified atom stereocenters. The minimum absolute atomic E-state index is 0. The number of nitrogens with zero attached hydrogens (tertiary/aromatic N) is 3. The van der Waals surface area contributed by atoms with E-state index in [2.05, 4.69) is 46.2 Å². The van der Waals surface area contributed by atoms with E-state index in [-0.39, 0.29) is 18.4 Å². The zero-order valence-electron chi connectivity index (χ0n) is 12.8. The molecule has 2 aromatic rings. The summed E-state index contributed by atoms with van der Waals surface area (Å²) in [4.78, 5) is 6.72. The van der Waals surface area contributed by atoms with Crippen molar-refractivity contribution in [3.63, 3.8) is 0 Å². The van der Waals surface area contributed by atoms with Crippen LogP contribution in [0.15, 0.2) is 34.9 Å². The number of aromatic nitrogens is 2. The Labute approximate surface area is 137 Å². The Morgan fingerprint density at radius 3 is 2.77 bits per heavy atom. The zero-order valence-corrected chi connectivity index (χ0v) is 13.6. The van der Waals surface area contributed by atoms with Crippen molar-refractivity contribution < 1.29 is 4.52 Å². The first-order chi connectivity index (χ1) is 10.3. The second-order valence-corrected chi connectivity index (χ2v) is 5.73. The van der Waals surface area contributed by atoms with Gasteiger partial charge in [0, 0.05) is 31.5 Å². The summed E-state index contributed by atoms with van der Waals surface area (Å²) in [6.07, 6.45) is 1.90. The molecule has 2 heterocycles. The van der Waals surface area contributed by atoms with Crippen molar-refractivity contribution in [2.24, 2.45) is 5.73 Å². The number of benzene rings is 1. The van der Waals surface area contributed by atoms with Crippen molar-refractivity contribution in [3.05, 3.63) is 47.6 Å². The summed E-state index contributed by atoms with van der Waals surface area (Å²) in [7, 11) is 0. The van der Waals surface area contributed by atoms with Gasteiger partial charge in [0.25, 0.3) is 0 Å². The highest BCUT2D eigenvalue weighted by atomic mass is 35.5. The summed E-state index contributed by atoms with van der Waals surface area (Å²) in [5.74, 6) is 1.87. The molecule has 0 aliphatic carbocycles. The lowest BCUT2D eigenvalue weighted by Gasteiger charge is -2.14. The first-order valence-electron chi connectivity index (χ1n) is 7.60. The van der Waals surface area contributed by atoms with E-state index in [1.165, 1.54) is 5.56 Å². The van der Waals surface area contributed by atoms with E-state index in [9.17, 15) is 0 Å². The maximum atomic E-state index is 6.30. The third kappa shape index (κ3) is 3.85. The molecule has 3 rings (SSSR count). The quantitative estimate of drug-likeness (QED) is 0.915. The molecular weight excluding hydrogens is 300 g/mol. The van der Waals surface area contributed by atoms with Crippen molar-refractivity contribution in [1.29, 1.82) is 0 Å². The van der Waals surface area contributed by atoms with Gasteiger partial charge < -0.3 is 10.3 Å². The second-order valence-electron chi connectivity index (χ2n) is 5.73. The van der Waals surface area contributed by atoms with Gasteiger partial charge in [-0.3, -0.25) is 4.90 Å². The fourth-order valence-corrected chi connectivity index (χ4v) is 2.97. The Kier molecular flexibility index (Phi) is 5.94. The van der Waals surface area contributed by atoms with Gasteiger partial charge >= 0.3 is 0 Å². The first kappa shape index (κ1) is 16.9. The fraction of sp³-hybridized carbons (Fsp3) is 0.500. The molecule has 2 N–H and O–H groups in total. The standard InChI is InChI=1S/C16H22N4O.ClH/c1-2-6-15-18-16(21-19-15)11-20-9-13(14(17)10-20)12-7-4-3-5-8-12;/h3-5,7-8,13-14H,2,6,9-11,17H2,1H3;1H/t13-,14+;/m0./s1. The molecule has 22 heavy (non-hydrogen) atoms. The number of aryl methyl sites for hydroxylation is 1. The second kappa shape index (κ2) is 7.72. The van der Waals surface area contributed by atoms with Gasteiger partial charge in [-0.1, -0.05) is 42.4 Å². The number of hydrogen-bond donors (Lipinski definition) is 1. The van der Waals surface area contributed by atoms with Crippen molar-refractivity contribution >= 4 is 12.4 Å². The largest absolute Gasteiger partial charge is 0.338 e. The molecule has 5 nitrogen and oxygen atoms in total. The topological polar surface area (TPSA) is 68.2 Å². The lowest BCUT2D eigenvalue weighted by molar-refractivity contribution is 0.263. The van der Waals surface area contributed by atoms with E-state index in [0.29, 0.717) is 18.4 Å². The van der Waals surface area contributed by atoms with E-state index in [1.807, 2.05) is 6.07 Å². The van der Waals surface area contributed by atoms with Gasteiger partial charge in [0.2, 0.25) is 5.89 Å². The van der Waals surface area contributed by atoms with Crippen molar-refractivity contribution in [3.8, 4) is 0 Å². The molecule has 0 saturated carbocycles. The lowest BCUT2D eigenvalue weighted by Crippen LogP contribution is -2.28. The Bertz CT molecular complexity index is 575. The number of nitrogens with two attached hydrogens (primary N) is 1. The monoisotopic (exact) mass is 322 g/mol. The Balaban J connectivity index is 0.00000176. The average Bonchev–Trinajstić information content (AvgIpc) is 3.07. The number of likely N-dealkylation sites (tertiary alicyclic amines) is 1. The third-order valence-electron chi connectivity index (χ3n) is 4.01. The fourth-order valence-electron chi connectivity index (χ4n) is 2.97. The van der Waals surface area contributed by atoms with Crippen LogP contribution in [0.1, 0.15) is 36.5 Å². The average molecular weight is 323 g/mol. The molecule has 1 aromatic carbocycles. The molecule has 0 bridgehead atoms. The van der Waals surface area contributed by atoms with Crippen molar-refractivity contribution in [2.45, 2.75) is 38.3 Å². The van der Waals surface area contributed by atoms with Crippen LogP contribution in [0.5, 0.6) is 0 Å². The molecule has 1 aliphatic heterocycles. The molecule has 0 amide bonds. The van der Waals surface area contributed by atoms with Crippen LogP contribution in [0, 0.1) is 0 Å². The van der Waals surface area contributed by atoms with Gasteiger partial charge in [0.15, 0.2) is 5.82 Å². The number of halogens is 1. The van der Waals surface area contributed by atoms with E-state index < -0.39 is 0 Å². The third-order valence-corrected chi connectivity index (χ3v) is 4.01. The van der Waals surface area contributed by atoms with Gasteiger partial charge in [0.05, 0.1) is 6.54 Å². The van der Waals surface area contributed by atoms with Crippen LogP contribution in [-0.2, 0) is 13.0 Å². The maximum Gasteiger partial charge on any atom is 0.240 e. The number of hydrogen-bond acceptors (Lipinski definition) is 5. The normalized spacial score (nSPS) is 21.7. The van der Waals surface area contributed by atoms with Gasteiger partial charge in [-0.15, -0.1) is 12.4 Å².